The summed E-state index contributed by atoms with van der Waals surface area (Å²) in [7, 11) is 1.69. The molecule has 0 saturated carbocycles. The first-order valence-corrected chi connectivity index (χ1v) is 12.6. The highest BCUT2D eigenvalue weighted by Gasteiger charge is 2.25. The molecule has 1 aliphatic rings. The Morgan fingerprint density at radius 3 is 2.43 bits per heavy atom. The molecule has 4 rings (SSSR count). The zero-order valence-electron chi connectivity index (χ0n) is 20.6. The second kappa shape index (κ2) is 13.3. The molecule has 1 N–H and O–H groups in total. The fourth-order valence-electron chi connectivity index (χ4n) is 4.76. The summed E-state index contributed by atoms with van der Waals surface area (Å²) in [5, 5.41) is 10.9. The van der Waals surface area contributed by atoms with Gasteiger partial charge in [0, 0.05) is 26.2 Å². The average molecular weight is 476 g/mol. The molecule has 3 aromatic carbocycles. The largest absolute Gasteiger partial charge is 0.491 e. The van der Waals surface area contributed by atoms with Crippen LogP contribution in [0.5, 0.6) is 11.5 Å². The van der Waals surface area contributed by atoms with E-state index in [9.17, 15) is 5.11 Å². The predicted molar refractivity (Wildman–Crippen MR) is 139 cm³/mol. The lowest BCUT2D eigenvalue weighted by molar-refractivity contribution is 0.0463. The van der Waals surface area contributed by atoms with E-state index < -0.39 is 6.10 Å². The summed E-state index contributed by atoms with van der Waals surface area (Å²) in [5.41, 5.74) is 4.00. The minimum Gasteiger partial charge on any atom is -0.491 e. The number of hydrogen-bond acceptors (Lipinski definition) is 5. The van der Waals surface area contributed by atoms with Crippen LogP contribution >= 0.6 is 0 Å². The van der Waals surface area contributed by atoms with Gasteiger partial charge in [0.15, 0.2) is 0 Å². The maximum Gasteiger partial charge on any atom is 0.119 e. The lowest BCUT2D eigenvalue weighted by Crippen LogP contribution is -2.42. The van der Waals surface area contributed by atoms with E-state index in [1.54, 1.807) is 7.11 Å². The van der Waals surface area contributed by atoms with E-state index in [-0.39, 0.29) is 6.61 Å². The van der Waals surface area contributed by atoms with Gasteiger partial charge in [-0.05, 0) is 66.6 Å². The minimum atomic E-state index is -0.578. The smallest absolute Gasteiger partial charge is 0.119 e. The molecule has 5 nitrogen and oxygen atoms in total. The van der Waals surface area contributed by atoms with Crippen molar-refractivity contribution in [2.24, 2.45) is 0 Å². The Balaban J connectivity index is 1.47. The third-order valence-corrected chi connectivity index (χ3v) is 6.55. The molecule has 0 aliphatic heterocycles. The van der Waals surface area contributed by atoms with Gasteiger partial charge in [-0.2, -0.15) is 0 Å². The van der Waals surface area contributed by atoms with E-state index in [4.69, 9.17) is 14.2 Å². The molecule has 0 fully saturated rings. The van der Waals surface area contributed by atoms with Gasteiger partial charge in [0.05, 0.1) is 6.61 Å². The first kappa shape index (κ1) is 25.2. The third kappa shape index (κ3) is 7.82. The number of para-hydroxylation sites is 1. The molecule has 2 unspecified atom stereocenters. The van der Waals surface area contributed by atoms with Crippen LogP contribution in [-0.2, 0) is 24.1 Å². The van der Waals surface area contributed by atoms with Gasteiger partial charge >= 0.3 is 0 Å². The number of methoxy groups -OCH3 is 1. The topological polar surface area (TPSA) is 51.2 Å². The van der Waals surface area contributed by atoms with Crippen molar-refractivity contribution in [1.82, 2.24) is 4.90 Å². The van der Waals surface area contributed by atoms with Crippen LogP contribution < -0.4 is 9.47 Å². The molecule has 0 aromatic heterocycles. The van der Waals surface area contributed by atoms with Gasteiger partial charge in [-0.1, -0.05) is 54.6 Å². The van der Waals surface area contributed by atoms with Crippen LogP contribution in [0.2, 0.25) is 0 Å². The number of aryl methyl sites for hydroxylation is 1. The van der Waals surface area contributed by atoms with Gasteiger partial charge in [-0.15, -0.1) is 0 Å². The Morgan fingerprint density at radius 2 is 1.66 bits per heavy atom. The Hall–Kier alpha value is -2.86. The molecule has 0 radical (unpaired) electrons. The number of rotatable bonds is 12. The molecular weight excluding hydrogens is 438 g/mol. The monoisotopic (exact) mass is 475 g/mol. The molecule has 5 heteroatoms. The van der Waals surface area contributed by atoms with Gasteiger partial charge < -0.3 is 19.3 Å². The van der Waals surface area contributed by atoms with Crippen LogP contribution in [0, 0.1) is 0 Å². The average Bonchev–Trinajstić information content (AvgIpc) is 3.11. The second-order valence-electron chi connectivity index (χ2n) is 9.21. The number of fused-ring (bicyclic) bond motifs is 1. The number of aliphatic hydroxyl groups is 1. The highest BCUT2D eigenvalue weighted by atomic mass is 16.5. The van der Waals surface area contributed by atoms with Crippen LogP contribution in [0.25, 0.3) is 0 Å². The van der Waals surface area contributed by atoms with Crippen molar-refractivity contribution in [3.8, 4) is 11.5 Å². The summed E-state index contributed by atoms with van der Waals surface area (Å²) in [6.45, 7) is 2.76. The molecule has 0 saturated heterocycles. The normalized spacial score (nSPS) is 16.4. The van der Waals surface area contributed by atoms with Crippen molar-refractivity contribution >= 4 is 0 Å². The van der Waals surface area contributed by atoms with Crippen molar-refractivity contribution in [3.05, 3.63) is 95.6 Å². The number of hydrogen-bond donors (Lipinski definition) is 1. The van der Waals surface area contributed by atoms with E-state index in [0.29, 0.717) is 25.8 Å². The number of aliphatic hydroxyl groups excluding tert-OH is 1. The molecular formula is C30H37NO4. The third-order valence-electron chi connectivity index (χ3n) is 6.55. The van der Waals surface area contributed by atoms with Crippen molar-refractivity contribution < 1.29 is 19.3 Å². The van der Waals surface area contributed by atoms with Gasteiger partial charge in [0.2, 0.25) is 0 Å². The van der Waals surface area contributed by atoms with Gasteiger partial charge in [0.25, 0.3) is 0 Å². The number of nitrogens with zero attached hydrogens (tertiary/aromatic N) is 1. The highest BCUT2D eigenvalue weighted by molar-refractivity contribution is 5.37. The number of benzene rings is 3. The molecule has 0 amide bonds. The molecule has 2 atom stereocenters. The summed E-state index contributed by atoms with van der Waals surface area (Å²) in [5.74, 6) is 1.68. The van der Waals surface area contributed by atoms with E-state index in [1.807, 2.05) is 36.4 Å². The van der Waals surface area contributed by atoms with Crippen molar-refractivity contribution in [3.63, 3.8) is 0 Å². The lowest BCUT2D eigenvalue weighted by Gasteiger charge is -2.33. The predicted octanol–water partition coefficient (Wildman–Crippen LogP) is 4.90. The molecule has 35 heavy (non-hydrogen) atoms. The maximum absolute atomic E-state index is 10.9. The van der Waals surface area contributed by atoms with E-state index in [1.165, 1.54) is 16.7 Å². The van der Waals surface area contributed by atoms with Crippen molar-refractivity contribution in [2.45, 2.75) is 44.4 Å². The van der Waals surface area contributed by atoms with Crippen LogP contribution in [-0.4, -0.2) is 55.6 Å². The summed E-state index contributed by atoms with van der Waals surface area (Å²) in [6, 6.07) is 27.0. The number of ether oxygens (including phenoxy) is 3. The van der Waals surface area contributed by atoms with Crippen molar-refractivity contribution in [1.29, 1.82) is 0 Å². The summed E-state index contributed by atoms with van der Waals surface area (Å²) in [6.07, 6.45) is 3.65. The van der Waals surface area contributed by atoms with Crippen LogP contribution in [0.3, 0.4) is 0 Å². The fourth-order valence-corrected chi connectivity index (χ4v) is 4.76. The Kier molecular flexibility index (Phi) is 9.58. The zero-order chi connectivity index (χ0) is 24.3. The van der Waals surface area contributed by atoms with Crippen LogP contribution in [0.15, 0.2) is 78.9 Å². The van der Waals surface area contributed by atoms with Gasteiger partial charge in [-0.3, -0.25) is 4.90 Å². The Bertz CT molecular complexity index is 1010. The molecule has 1 aliphatic carbocycles. The summed E-state index contributed by atoms with van der Waals surface area (Å²) < 4.78 is 16.9. The van der Waals surface area contributed by atoms with E-state index in [2.05, 4.69) is 47.4 Å². The van der Waals surface area contributed by atoms with Crippen LogP contribution in [0.1, 0.15) is 29.5 Å². The van der Waals surface area contributed by atoms with E-state index in [0.717, 1.165) is 43.7 Å². The fraction of sp³-hybridized carbons (Fsp3) is 0.400. The first-order valence-electron chi connectivity index (χ1n) is 12.6. The Morgan fingerprint density at radius 1 is 0.886 bits per heavy atom. The maximum atomic E-state index is 10.9. The molecule has 3 aromatic rings. The lowest BCUT2D eigenvalue weighted by atomic mass is 10.00. The van der Waals surface area contributed by atoms with Gasteiger partial charge in [0.1, 0.15) is 30.8 Å². The minimum absolute atomic E-state index is 0.274. The second-order valence-corrected chi connectivity index (χ2v) is 9.21. The highest BCUT2D eigenvalue weighted by Crippen LogP contribution is 2.28. The zero-order valence-corrected chi connectivity index (χ0v) is 20.6. The van der Waals surface area contributed by atoms with Crippen LogP contribution in [0.4, 0.5) is 0 Å². The quantitative estimate of drug-likeness (QED) is 0.298. The Labute approximate surface area is 209 Å². The molecule has 0 heterocycles. The molecule has 186 valence electrons. The summed E-state index contributed by atoms with van der Waals surface area (Å²) >= 11 is 0. The SMILES string of the molecule is COCCOc1ccc2c(c1)CC(N(Cc1ccccc1)CC(O)COc1ccccc1)CCC2. The van der Waals surface area contributed by atoms with Crippen molar-refractivity contribution in [2.75, 3.05) is 33.5 Å². The first-order chi connectivity index (χ1) is 17.2. The summed E-state index contributed by atoms with van der Waals surface area (Å²) in [4.78, 5) is 2.43. The van der Waals surface area contributed by atoms with Gasteiger partial charge in [-0.25, -0.2) is 0 Å². The molecule has 0 bridgehead atoms. The standard InChI is InChI=1S/C30H37NO4/c1-33-17-18-34-30-16-15-25-11-8-12-27(19-26(25)20-30)31(21-24-9-4-2-5-10-24)22-28(32)23-35-29-13-6-3-7-14-29/h2-7,9-10,13-16,20,27-28,32H,8,11-12,17-19,21-23H2,1H3. The van der Waals surface area contributed by atoms with E-state index >= 15 is 0 Å². The molecule has 0 spiro atoms.